The molecule has 2 aromatic rings. The van der Waals surface area contributed by atoms with Crippen LogP contribution in [-0.4, -0.2) is 11.5 Å². The molecular weight excluding hydrogens is 241 g/mol. The maximum absolute atomic E-state index is 12.7. The zero-order valence-electron chi connectivity index (χ0n) is 10.7. The molecule has 0 radical (unpaired) electrons. The summed E-state index contributed by atoms with van der Waals surface area (Å²) in [6.45, 7) is 2.54. The van der Waals surface area contributed by atoms with Gasteiger partial charge in [0.2, 0.25) is 0 Å². The van der Waals surface area contributed by atoms with Crippen molar-refractivity contribution in [3.8, 4) is 6.07 Å². The molecule has 0 aliphatic carbocycles. The van der Waals surface area contributed by atoms with Crippen molar-refractivity contribution >= 4 is 5.82 Å². The molecule has 0 saturated heterocycles. The molecule has 0 atom stereocenters. The van der Waals surface area contributed by atoms with Gasteiger partial charge in [-0.1, -0.05) is 12.1 Å². The first-order valence-electron chi connectivity index (χ1n) is 6.04. The molecule has 0 bridgehead atoms. The summed E-state index contributed by atoms with van der Waals surface area (Å²) in [6.07, 6.45) is 0.776. The summed E-state index contributed by atoms with van der Waals surface area (Å²) in [5.74, 6) is 0.467. The van der Waals surface area contributed by atoms with E-state index in [-0.39, 0.29) is 5.82 Å². The van der Waals surface area contributed by atoms with Gasteiger partial charge in [-0.15, -0.1) is 0 Å². The molecule has 1 aromatic heterocycles. The molecule has 1 heterocycles. The Balaban J connectivity index is 1.94. The highest BCUT2D eigenvalue weighted by Crippen LogP contribution is 2.10. The van der Waals surface area contributed by atoms with E-state index in [1.165, 1.54) is 12.1 Å². The molecule has 3 nitrogen and oxygen atoms in total. The van der Waals surface area contributed by atoms with Crippen molar-refractivity contribution in [1.29, 1.82) is 5.26 Å². The van der Waals surface area contributed by atoms with Gasteiger partial charge in [-0.05, 0) is 43.2 Å². The summed E-state index contributed by atoms with van der Waals surface area (Å²) < 4.78 is 12.7. The Labute approximate surface area is 111 Å². The highest BCUT2D eigenvalue weighted by molar-refractivity contribution is 5.44. The number of nitrogens with zero attached hydrogens (tertiary/aromatic N) is 2. The van der Waals surface area contributed by atoms with Crippen LogP contribution in [0.1, 0.15) is 16.8 Å². The normalized spacial score (nSPS) is 9.95. The number of pyridine rings is 1. The van der Waals surface area contributed by atoms with E-state index in [1.54, 1.807) is 24.3 Å². The average Bonchev–Trinajstić information content (AvgIpc) is 2.40. The van der Waals surface area contributed by atoms with Crippen molar-refractivity contribution < 1.29 is 4.39 Å². The van der Waals surface area contributed by atoms with E-state index in [0.29, 0.717) is 17.9 Å². The molecule has 0 saturated carbocycles. The minimum atomic E-state index is -0.226. The number of aryl methyl sites for hydroxylation is 1. The van der Waals surface area contributed by atoms with Gasteiger partial charge in [0.05, 0.1) is 11.6 Å². The third-order valence-corrected chi connectivity index (χ3v) is 2.72. The van der Waals surface area contributed by atoms with Gasteiger partial charge in [0.15, 0.2) is 0 Å². The van der Waals surface area contributed by atoms with Crippen molar-refractivity contribution in [2.75, 3.05) is 11.9 Å². The third-order valence-electron chi connectivity index (χ3n) is 2.72. The Morgan fingerprint density at radius 3 is 2.68 bits per heavy atom. The summed E-state index contributed by atoms with van der Waals surface area (Å²) in [5, 5.41) is 12.0. The van der Waals surface area contributed by atoms with Crippen LogP contribution in [-0.2, 0) is 6.42 Å². The Hall–Kier alpha value is -2.41. The van der Waals surface area contributed by atoms with Gasteiger partial charge in [-0.2, -0.15) is 5.26 Å². The van der Waals surface area contributed by atoms with Crippen LogP contribution in [0.15, 0.2) is 36.4 Å². The monoisotopic (exact) mass is 255 g/mol. The van der Waals surface area contributed by atoms with Gasteiger partial charge >= 0.3 is 0 Å². The first-order chi connectivity index (χ1) is 9.17. The van der Waals surface area contributed by atoms with Gasteiger partial charge in [0.1, 0.15) is 11.6 Å². The number of rotatable bonds is 4. The van der Waals surface area contributed by atoms with Crippen molar-refractivity contribution in [3.63, 3.8) is 0 Å². The highest BCUT2D eigenvalue weighted by Gasteiger charge is 2.00. The second-order valence-corrected chi connectivity index (χ2v) is 4.30. The molecule has 0 unspecified atom stereocenters. The standard InChI is InChI=1S/C15H14FN3/c1-11-8-13(10-17)9-15(19-11)18-7-6-12-2-4-14(16)5-3-12/h2-5,8-9H,6-7H2,1H3,(H,18,19). The predicted octanol–water partition coefficient (Wildman–Crippen LogP) is 3.06. The number of halogens is 1. The molecule has 0 fully saturated rings. The molecule has 0 spiro atoms. The van der Waals surface area contributed by atoms with Gasteiger partial charge in [-0.3, -0.25) is 0 Å². The summed E-state index contributed by atoms with van der Waals surface area (Å²) in [5.41, 5.74) is 2.46. The second-order valence-electron chi connectivity index (χ2n) is 4.30. The maximum atomic E-state index is 12.7. The molecule has 19 heavy (non-hydrogen) atoms. The number of nitrogens with one attached hydrogen (secondary N) is 1. The zero-order valence-corrected chi connectivity index (χ0v) is 10.7. The van der Waals surface area contributed by atoms with Crippen LogP contribution >= 0.6 is 0 Å². The molecule has 4 heteroatoms. The van der Waals surface area contributed by atoms with Crippen LogP contribution in [0.25, 0.3) is 0 Å². The molecule has 96 valence electrons. The van der Waals surface area contributed by atoms with E-state index in [2.05, 4.69) is 16.4 Å². The van der Waals surface area contributed by atoms with E-state index in [9.17, 15) is 4.39 Å². The number of benzene rings is 1. The first-order valence-corrected chi connectivity index (χ1v) is 6.04. The largest absolute Gasteiger partial charge is 0.370 e. The fourth-order valence-electron chi connectivity index (χ4n) is 1.81. The smallest absolute Gasteiger partial charge is 0.127 e. The van der Waals surface area contributed by atoms with Crippen LogP contribution in [0.5, 0.6) is 0 Å². The van der Waals surface area contributed by atoms with E-state index in [0.717, 1.165) is 17.7 Å². The number of aromatic nitrogens is 1. The SMILES string of the molecule is Cc1cc(C#N)cc(NCCc2ccc(F)cc2)n1. The van der Waals surface area contributed by atoms with Gasteiger partial charge < -0.3 is 5.32 Å². The minimum Gasteiger partial charge on any atom is -0.370 e. The Bertz CT molecular complexity index is 600. The number of hydrogen-bond donors (Lipinski definition) is 1. The van der Waals surface area contributed by atoms with Crippen molar-refractivity contribution in [1.82, 2.24) is 4.98 Å². The maximum Gasteiger partial charge on any atom is 0.127 e. The van der Waals surface area contributed by atoms with E-state index < -0.39 is 0 Å². The lowest BCUT2D eigenvalue weighted by Crippen LogP contribution is -2.07. The highest BCUT2D eigenvalue weighted by atomic mass is 19.1. The quantitative estimate of drug-likeness (QED) is 0.913. The summed E-state index contributed by atoms with van der Waals surface area (Å²) in [6, 6.07) is 12.0. The summed E-state index contributed by atoms with van der Waals surface area (Å²) in [4.78, 5) is 4.30. The predicted molar refractivity (Wildman–Crippen MR) is 72.3 cm³/mol. The number of anilines is 1. The van der Waals surface area contributed by atoms with Crippen LogP contribution in [0, 0.1) is 24.1 Å². The third kappa shape index (κ3) is 3.78. The van der Waals surface area contributed by atoms with Gasteiger partial charge in [-0.25, -0.2) is 9.37 Å². The summed E-state index contributed by atoms with van der Waals surface area (Å²) >= 11 is 0. The van der Waals surface area contributed by atoms with E-state index in [4.69, 9.17) is 5.26 Å². The van der Waals surface area contributed by atoms with Crippen LogP contribution in [0.2, 0.25) is 0 Å². The molecule has 0 aliphatic rings. The molecule has 1 aromatic carbocycles. The molecular formula is C15H14FN3. The Kier molecular flexibility index (Phi) is 4.09. The Morgan fingerprint density at radius 2 is 2.00 bits per heavy atom. The average molecular weight is 255 g/mol. The van der Waals surface area contributed by atoms with Crippen LogP contribution in [0.4, 0.5) is 10.2 Å². The van der Waals surface area contributed by atoms with Crippen LogP contribution < -0.4 is 5.32 Å². The fourth-order valence-corrected chi connectivity index (χ4v) is 1.81. The zero-order chi connectivity index (χ0) is 13.7. The molecule has 2 rings (SSSR count). The van der Waals surface area contributed by atoms with Gasteiger partial charge in [0, 0.05) is 12.2 Å². The van der Waals surface area contributed by atoms with E-state index >= 15 is 0 Å². The molecule has 0 amide bonds. The van der Waals surface area contributed by atoms with Crippen molar-refractivity contribution in [3.05, 3.63) is 59.0 Å². The lowest BCUT2D eigenvalue weighted by molar-refractivity contribution is 0.627. The Morgan fingerprint density at radius 1 is 1.26 bits per heavy atom. The lowest BCUT2D eigenvalue weighted by Gasteiger charge is -2.07. The first kappa shape index (κ1) is 13.0. The summed E-state index contributed by atoms with van der Waals surface area (Å²) in [7, 11) is 0. The van der Waals surface area contributed by atoms with Crippen molar-refractivity contribution in [2.24, 2.45) is 0 Å². The molecule has 1 N–H and O–H groups in total. The minimum absolute atomic E-state index is 0.226. The number of hydrogen-bond acceptors (Lipinski definition) is 3. The van der Waals surface area contributed by atoms with Crippen molar-refractivity contribution in [2.45, 2.75) is 13.3 Å². The fraction of sp³-hybridized carbons (Fsp3) is 0.200. The van der Waals surface area contributed by atoms with Crippen LogP contribution in [0.3, 0.4) is 0 Å². The van der Waals surface area contributed by atoms with E-state index in [1.807, 2.05) is 6.92 Å². The second kappa shape index (κ2) is 5.96. The lowest BCUT2D eigenvalue weighted by atomic mass is 10.1. The number of nitriles is 1. The molecule has 0 aliphatic heterocycles. The van der Waals surface area contributed by atoms with Gasteiger partial charge in [0.25, 0.3) is 0 Å². The topological polar surface area (TPSA) is 48.7 Å².